The van der Waals surface area contributed by atoms with Crippen molar-refractivity contribution in [1.29, 1.82) is 0 Å². The van der Waals surface area contributed by atoms with Crippen molar-refractivity contribution in [2.24, 2.45) is 0 Å². The molecule has 5 aromatic carbocycles. The van der Waals surface area contributed by atoms with Crippen molar-refractivity contribution in [1.82, 2.24) is 5.32 Å². The third-order valence-electron chi connectivity index (χ3n) is 7.71. The smallest absolute Gasteiger partial charge is 0.335 e. The Morgan fingerprint density at radius 1 is 0.745 bits per heavy atom. The molecule has 0 aliphatic carbocycles. The van der Waals surface area contributed by atoms with Crippen molar-refractivity contribution in [3.05, 3.63) is 155 Å². The van der Waals surface area contributed by atoms with Crippen molar-refractivity contribution in [3.8, 4) is 11.5 Å². The summed E-state index contributed by atoms with van der Waals surface area (Å²) in [5, 5.41) is 17.2. The van der Waals surface area contributed by atoms with Gasteiger partial charge in [0.05, 0.1) is 19.8 Å². The van der Waals surface area contributed by atoms with E-state index in [4.69, 9.17) is 9.47 Å². The normalized spacial score (nSPS) is 11.5. The number of carbonyl (C=O) groups is 4. The fourth-order valence-corrected chi connectivity index (χ4v) is 6.01. The summed E-state index contributed by atoms with van der Waals surface area (Å²) < 4.78 is 10.8. The van der Waals surface area contributed by atoms with Crippen LogP contribution in [0.1, 0.15) is 42.7 Å². The van der Waals surface area contributed by atoms with Gasteiger partial charge in [-0.2, -0.15) is 0 Å². The number of methoxy groups -OCH3 is 2. The molecular weight excluding hydrogens is 667 g/mol. The maximum atomic E-state index is 13.7. The summed E-state index contributed by atoms with van der Waals surface area (Å²) in [6, 6.07) is 34.4. The second kappa shape index (κ2) is 16.9. The zero-order chi connectivity index (χ0) is 36.3. The summed E-state index contributed by atoms with van der Waals surface area (Å²) in [5.74, 6) is -1.46. The molecule has 0 bridgehead atoms. The third kappa shape index (κ3) is 9.43. The summed E-state index contributed by atoms with van der Waals surface area (Å²) in [7, 11) is 3.03. The molecular formula is C40H35N3O7S. The molecule has 11 heteroatoms. The second-order valence-corrected chi connectivity index (χ2v) is 12.4. The number of carboxylic acid groups (broad SMARTS) is 1. The first-order valence-corrected chi connectivity index (χ1v) is 16.6. The van der Waals surface area contributed by atoms with Gasteiger partial charge in [0.15, 0.2) is 0 Å². The first kappa shape index (κ1) is 36.0. The molecule has 0 radical (unpaired) electrons. The molecule has 0 saturated heterocycles. The number of ether oxygens (including phenoxy) is 2. The highest BCUT2D eigenvalue weighted by molar-refractivity contribution is 8.00. The number of carboxylic acids is 1. The molecule has 1 atom stereocenters. The summed E-state index contributed by atoms with van der Waals surface area (Å²) in [5.41, 5.74) is 3.26. The first-order valence-electron chi connectivity index (χ1n) is 15.7. The van der Waals surface area contributed by atoms with Gasteiger partial charge < -0.3 is 30.5 Å². The van der Waals surface area contributed by atoms with E-state index in [1.807, 2.05) is 30.3 Å². The molecule has 0 fully saturated rings. The van der Waals surface area contributed by atoms with Gasteiger partial charge in [0, 0.05) is 27.4 Å². The lowest BCUT2D eigenvalue weighted by molar-refractivity contribution is -0.116. The number of aromatic carboxylic acids is 1. The van der Waals surface area contributed by atoms with E-state index in [-0.39, 0.29) is 17.2 Å². The molecule has 0 saturated carbocycles. The minimum absolute atomic E-state index is 0.0306. The van der Waals surface area contributed by atoms with Crippen LogP contribution in [0.25, 0.3) is 6.08 Å². The molecule has 10 nitrogen and oxygen atoms in total. The largest absolute Gasteiger partial charge is 0.497 e. The lowest BCUT2D eigenvalue weighted by atomic mass is 10.1. The number of carbonyl (C=O) groups excluding carboxylic acids is 3. The molecule has 0 aromatic heterocycles. The molecule has 3 amide bonds. The average Bonchev–Trinajstić information content (AvgIpc) is 3.15. The van der Waals surface area contributed by atoms with Crippen molar-refractivity contribution >= 4 is 52.9 Å². The molecule has 0 heterocycles. The van der Waals surface area contributed by atoms with Gasteiger partial charge in [0.2, 0.25) is 5.91 Å². The van der Waals surface area contributed by atoms with E-state index in [0.717, 1.165) is 16.0 Å². The van der Waals surface area contributed by atoms with Gasteiger partial charge in [-0.25, -0.2) is 4.79 Å². The van der Waals surface area contributed by atoms with Crippen molar-refractivity contribution in [3.63, 3.8) is 0 Å². The van der Waals surface area contributed by atoms with Crippen molar-refractivity contribution < 1.29 is 33.8 Å². The zero-order valence-electron chi connectivity index (χ0n) is 28.0. The molecule has 0 spiro atoms. The summed E-state index contributed by atoms with van der Waals surface area (Å²) in [6.07, 6.45) is 1.51. The van der Waals surface area contributed by atoms with E-state index >= 15 is 0 Å². The topological polar surface area (TPSA) is 143 Å². The molecule has 0 aliphatic heterocycles. The van der Waals surface area contributed by atoms with Crippen LogP contribution in [0.2, 0.25) is 0 Å². The molecule has 1 unspecified atom stereocenters. The second-order valence-electron chi connectivity index (χ2n) is 11.2. The Hall–Kier alpha value is -6.33. The maximum Gasteiger partial charge on any atom is 0.335 e. The average molecular weight is 702 g/mol. The van der Waals surface area contributed by atoms with Crippen LogP contribution in [0.15, 0.2) is 132 Å². The van der Waals surface area contributed by atoms with E-state index in [2.05, 4.69) is 16.0 Å². The minimum Gasteiger partial charge on any atom is -0.497 e. The SMILES string of the molecule is COc1ccc(OC)c(/C=C(\NC(=O)c2ccccc2)C(=O)Nc2ccc(SC(C(=O)Nc3cc(C(=O)O)ccc3C)c3ccccc3)cc2)c1. The molecule has 5 rings (SSSR count). The first-order chi connectivity index (χ1) is 24.6. The van der Waals surface area contributed by atoms with Crippen LogP contribution in [0, 0.1) is 6.92 Å². The van der Waals surface area contributed by atoms with E-state index in [1.165, 1.54) is 44.2 Å². The van der Waals surface area contributed by atoms with Gasteiger partial charge in [-0.05, 0) is 90.9 Å². The van der Waals surface area contributed by atoms with E-state index in [9.17, 15) is 24.3 Å². The Bertz CT molecular complexity index is 2070. The van der Waals surface area contributed by atoms with Crippen LogP contribution < -0.4 is 25.4 Å². The van der Waals surface area contributed by atoms with Gasteiger partial charge in [-0.1, -0.05) is 54.6 Å². The molecule has 0 aliphatic rings. The number of amides is 3. The Morgan fingerprint density at radius 2 is 1.43 bits per heavy atom. The van der Waals surface area contributed by atoms with E-state index < -0.39 is 23.0 Å². The van der Waals surface area contributed by atoms with E-state index in [0.29, 0.717) is 34.0 Å². The van der Waals surface area contributed by atoms with Gasteiger partial charge >= 0.3 is 5.97 Å². The zero-order valence-corrected chi connectivity index (χ0v) is 28.8. The number of benzene rings is 5. The predicted molar refractivity (Wildman–Crippen MR) is 198 cm³/mol. The third-order valence-corrected chi connectivity index (χ3v) is 8.98. The monoisotopic (exact) mass is 701 g/mol. The van der Waals surface area contributed by atoms with Gasteiger partial charge in [0.25, 0.3) is 11.8 Å². The lowest BCUT2D eigenvalue weighted by Gasteiger charge is -2.18. The quantitative estimate of drug-likeness (QED) is 0.0727. The highest BCUT2D eigenvalue weighted by Gasteiger charge is 2.24. The number of hydrogen-bond acceptors (Lipinski definition) is 7. The van der Waals surface area contributed by atoms with E-state index in [1.54, 1.807) is 85.8 Å². The Morgan fingerprint density at radius 3 is 2.08 bits per heavy atom. The van der Waals surface area contributed by atoms with Crippen molar-refractivity contribution in [2.75, 3.05) is 24.9 Å². The fraction of sp³-hybridized carbons (Fsp3) is 0.100. The van der Waals surface area contributed by atoms with Crippen LogP contribution in [-0.2, 0) is 9.59 Å². The highest BCUT2D eigenvalue weighted by Crippen LogP contribution is 2.37. The van der Waals surface area contributed by atoms with Crippen LogP contribution in [0.4, 0.5) is 11.4 Å². The summed E-state index contributed by atoms with van der Waals surface area (Å²) in [6.45, 7) is 1.79. The van der Waals surface area contributed by atoms with Gasteiger partial charge in [-0.3, -0.25) is 14.4 Å². The molecule has 51 heavy (non-hydrogen) atoms. The van der Waals surface area contributed by atoms with Crippen LogP contribution in [0.3, 0.4) is 0 Å². The number of nitrogens with one attached hydrogen (secondary N) is 3. The number of aryl methyl sites for hydroxylation is 1. The maximum absolute atomic E-state index is 13.7. The fourth-order valence-electron chi connectivity index (χ4n) is 4.99. The van der Waals surface area contributed by atoms with Crippen LogP contribution >= 0.6 is 11.8 Å². The Balaban J connectivity index is 1.37. The lowest BCUT2D eigenvalue weighted by Crippen LogP contribution is -2.30. The minimum atomic E-state index is -1.09. The number of anilines is 2. The van der Waals surface area contributed by atoms with Crippen LogP contribution in [-0.4, -0.2) is 43.0 Å². The van der Waals surface area contributed by atoms with Crippen LogP contribution in [0.5, 0.6) is 11.5 Å². The highest BCUT2D eigenvalue weighted by atomic mass is 32.2. The Labute approximate surface area is 299 Å². The number of hydrogen-bond donors (Lipinski definition) is 4. The Kier molecular flexibility index (Phi) is 11.9. The number of rotatable bonds is 13. The molecule has 4 N–H and O–H groups in total. The summed E-state index contributed by atoms with van der Waals surface area (Å²) >= 11 is 1.30. The standard InChI is InChI=1S/C40H35N3O7S/c1-25-14-15-28(40(47)48)23-33(25)42-39(46)36(26-10-6-4-7-11-26)51-32-19-16-30(17-20-32)41-38(45)34(43-37(44)27-12-8-5-9-13-27)24-29-22-31(49-2)18-21-35(29)50-3/h4-24,36H,1-3H3,(H,41,45)(H,42,46)(H,43,44)(H,47,48)/b34-24-. The molecule has 5 aromatic rings. The molecule has 258 valence electrons. The predicted octanol–water partition coefficient (Wildman–Crippen LogP) is 7.59. The number of thioether (sulfide) groups is 1. The van der Waals surface area contributed by atoms with Gasteiger partial charge in [0.1, 0.15) is 22.4 Å². The summed E-state index contributed by atoms with van der Waals surface area (Å²) in [4.78, 5) is 52.8. The van der Waals surface area contributed by atoms with Gasteiger partial charge in [-0.15, -0.1) is 11.8 Å². The van der Waals surface area contributed by atoms with Crippen molar-refractivity contribution in [2.45, 2.75) is 17.1 Å².